The third-order valence-electron chi connectivity index (χ3n) is 0.918. The third-order valence-corrected chi connectivity index (χ3v) is 1.46. The molecule has 0 aliphatic rings. The van der Waals surface area contributed by atoms with Crippen molar-refractivity contribution in [3.05, 3.63) is 0 Å². The van der Waals surface area contributed by atoms with Crippen LogP contribution in [0.25, 0.3) is 0 Å². The topological polar surface area (TPSA) is 17.1 Å². The van der Waals surface area contributed by atoms with Gasteiger partial charge in [-0.15, -0.1) is 0 Å². The van der Waals surface area contributed by atoms with E-state index >= 15 is 0 Å². The van der Waals surface area contributed by atoms with E-state index in [1.54, 1.807) is 0 Å². The van der Waals surface area contributed by atoms with E-state index in [1.807, 2.05) is 22.6 Å². The first-order chi connectivity index (χ1) is 3.63. The molecule has 0 saturated carbocycles. The average molecular weight is 226 g/mol. The molecule has 1 nitrogen and oxygen atoms in total. The number of carbonyl (C=O) groups is 1. The van der Waals surface area contributed by atoms with Gasteiger partial charge in [0.2, 0.25) is 0 Å². The lowest BCUT2D eigenvalue weighted by atomic mass is 10.1. The molecule has 0 aromatic carbocycles. The maximum atomic E-state index is 10.3. The molecule has 0 atom stereocenters. The van der Waals surface area contributed by atoms with E-state index in [0.29, 0.717) is 5.92 Å². The van der Waals surface area contributed by atoms with E-state index in [1.165, 1.54) is 0 Å². The van der Waals surface area contributed by atoms with Gasteiger partial charge in [0.15, 0.2) is 3.79 Å². The Labute approximate surface area is 64.0 Å². The van der Waals surface area contributed by atoms with Gasteiger partial charge in [-0.25, -0.2) is 0 Å². The minimum absolute atomic E-state index is 0.274. The first kappa shape index (κ1) is 8.40. The SMILES string of the molecule is CC(C)CCC(=O)I. The quantitative estimate of drug-likeness (QED) is 0.533. The second-order valence-corrected chi connectivity index (χ2v) is 3.49. The van der Waals surface area contributed by atoms with Crippen LogP contribution in [-0.4, -0.2) is 3.79 Å². The molecule has 0 saturated heterocycles. The van der Waals surface area contributed by atoms with Gasteiger partial charge in [-0.05, 0) is 34.9 Å². The maximum Gasteiger partial charge on any atom is 0.192 e. The molecule has 2 heteroatoms. The van der Waals surface area contributed by atoms with Gasteiger partial charge >= 0.3 is 0 Å². The van der Waals surface area contributed by atoms with Crippen LogP contribution in [0, 0.1) is 5.92 Å². The van der Waals surface area contributed by atoms with Gasteiger partial charge < -0.3 is 0 Å². The summed E-state index contributed by atoms with van der Waals surface area (Å²) in [4.78, 5) is 10.3. The monoisotopic (exact) mass is 226 g/mol. The summed E-state index contributed by atoms with van der Waals surface area (Å²) in [5, 5.41) is 0. The van der Waals surface area contributed by atoms with Crippen LogP contribution in [0.1, 0.15) is 26.7 Å². The number of hydrogen-bond acceptors (Lipinski definition) is 1. The van der Waals surface area contributed by atoms with Crippen molar-refractivity contribution in [3.8, 4) is 0 Å². The molecule has 0 heterocycles. The molecule has 0 rings (SSSR count). The second-order valence-electron chi connectivity index (χ2n) is 2.29. The highest BCUT2D eigenvalue weighted by atomic mass is 127. The van der Waals surface area contributed by atoms with E-state index in [4.69, 9.17) is 0 Å². The molecule has 0 amide bonds. The molecule has 0 aromatic heterocycles. The number of halogens is 1. The fraction of sp³-hybridized carbons (Fsp3) is 0.833. The van der Waals surface area contributed by atoms with Crippen molar-refractivity contribution in [2.45, 2.75) is 26.7 Å². The van der Waals surface area contributed by atoms with Gasteiger partial charge in [-0.2, -0.15) is 0 Å². The molecule has 0 unspecified atom stereocenters. The Balaban J connectivity index is 3.05. The van der Waals surface area contributed by atoms with E-state index < -0.39 is 0 Å². The van der Waals surface area contributed by atoms with Gasteiger partial charge in [-0.3, -0.25) is 4.79 Å². The van der Waals surface area contributed by atoms with Gasteiger partial charge in [0.1, 0.15) is 0 Å². The normalized spacial score (nSPS) is 10.0. The van der Waals surface area contributed by atoms with Gasteiger partial charge in [0.05, 0.1) is 0 Å². The zero-order chi connectivity index (χ0) is 6.57. The Bertz CT molecular complexity index is 78.6. The number of hydrogen-bond donors (Lipinski definition) is 0. The lowest BCUT2D eigenvalue weighted by Gasteiger charge is -1.97. The Morgan fingerprint density at radius 3 is 2.25 bits per heavy atom. The van der Waals surface area contributed by atoms with Crippen molar-refractivity contribution in [2.24, 2.45) is 5.92 Å². The van der Waals surface area contributed by atoms with Gasteiger partial charge in [0.25, 0.3) is 0 Å². The van der Waals surface area contributed by atoms with Gasteiger partial charge in [0, 0.05) is 6.42 Å². The zero-order valence-electron chi connectivity index (χ0n) is 5.28. The lowest BCUT2D eigenvalue weighted by Crippen LogP contribution is -1.90. The highest BCUT2D eigenvalue weighted by Gasteiger charge is 1.96. The smallest absolute Gasteiger partial charge is 0.192 e. The molecule has 8 heavy (non-hydrogen) atoms. The van der Waals surface area contributed by atoms with Crippen molar-refractivity contribution in [3.63, 3.8) is 0 Å². The van der Waals surface area contributed by atoms with Crippen molar-refractivity contribution >= 4 is 26.4 Å². The molecular formula is C6H11IO. The fourth-order valence-electron chi connectivity index (χ4n) is 0.402. The number of rotatable bonds is 3. The van der Waals surface area contributed by atoms with Crippen LogP contribution < -0.4 is 0 Å². The summed E-state index contributed by atoms with van der Waals surface area (Å²) in [6.07, 6.45) is 1.76. The van der Waals surface area contributed by atoms with Gasteiger partial charge in [-0.1, -0.05) is 13.8 Å². The molecule has 0 N–H and O–H groups in total. The minimum atomic E-state index is 0.274. The molecule has 0 spiro atoms. The van der Waals surface area contributed by atoms with Crippen LogP contribution in [0.5, 0.6) is 0 Å². The van der Waals surface area contributed by atoms with E-state index in [-0.39, 0.29) is 3.79 Å². The third kappa shape index (κ3) is 6.40. The summed E-state index contributed by atoms with van der Waals surface area (Å²) in [6.45, 7) is 4.25. The second kappa shape index (κ2) is 4.30. The molecule has 0 fully saturated rings. The first-order valence-corrected chi connectivity index (χ1v) is 3.89. The zero-order valence-corrected chi connectivity index (χ0v) is 7.44. The Morgan fingerprint density at radius 2 is 2.12 bits per heavy atom. The van der Waals surface area contributed by atoms with Crippen LogP contribution >= 0.6 is 22.6 Å². The van der Waals surface area contributed by atoms with Crippen LogP contribution in [0.4, 0.5) is 0 Å². The predicted octanol–water partition coefficient (Wildman–Crippen LogP) is 2.38. The lowest BCUT2D eigenvalue weighted by molar-refractivity contribution is -0.109. The van der Waals surface area contributed by atoms with Crippen LogP contribution in [-0.2, 0) is 4.79 Å². The number of carbonyl (C=O) groups excluding carboxylic acids is 1. The van der Waals surface area contributed by atoms with Crippen molar-refractivity contribution in [1.29, 1.82) is 0 Å². The van der Waals surface area contributed by atoms with Crippen LogP contribution in [0.15, 0.2) is 0 Å². The minimum Gasteiger partial charge on any atom is -0.288 e. The molecule has 0 radical (unpaired) electrons. The van der Waals surface area contributed by atoms with Crippen LogP contribution in [0.2, 0.25) is 0 Å². The standard InChI is InChI=1S/C6H11IO/c1-5(2)3-4-6(7)8/h5H,3-4H2,1-2H3. The van der Waals surface area contributed by atoms with Crippen molar-refractivity contribution in [1.82, 2.24) is 0 Å². The highest BCUT2D eigenvalue weighted by Crippen LogP contribution is 2.05. The summed E-state index contributed by atoms with van der Waals surface area (Å²) in [6, 6.07) is 0. The fourth-order valence-corrected chi connectivity index (χ4v) is 0.714. The van der Waals surface area contributed by atoms with Crippen LogP contribution in [0.3, 0.4) is 0 Å². The Morgan fingerprint density at radius 1 is 1.62 bits per heavy atom. The predicted molar refractivity (Wildman–Crippen MR) is 43.1 cm³/mol. The Hall–Kier alpha value is 0.400. The average Bonchev–Trinajstić information content (AvgIpc) is 1.61. The summed E-state index contributed by atoms with van der Waals surface area (Å²) >= 11 is 1.84. The molecule has 0 aliphatic heterocycles. The first-order valence-electron chi connectivity index (χ1n) is 2.81. The molecule has 48 valence electrons. The Kier molecular flexibility index (Phi) is 4.51. The maximum absolute atomic E-state index is 10.3. The molecule has 0 aromatic rings. The van der Waals surface area contributed by atoms with Crippen molar-refractivity contribution in [2.75, 3.05) is 0 Å². The highest BCUT2D eigenvalue weighted by molar-refractivity contribution is 14.1. The van der Waals surface area contributed by atoms with Crippen molar-refractivity contribution < 1.29 is 4.79 Å². The van der Waals surface area contributed by atoms with E-state index in [0.717, 1.165) is 12.8 Å². The van der Waals surface area contributed by atoms with E-state index in [2.05, 4.69) is 13.8 Å². The largest absolute Gasteiger partial charge is 0.288 e. The molecule has 0 bridgehead atoms. The molecular weight excluding hydrogens is 215 g/mol. The summed E-state index contributed by atoms with van der Waals surface area (Å²) in [7, 11) is 0. The van der Waals surface area contributed by atoms with E-state index in [9.17, 15) is 4.79 Å². The summed E-state index contributed by atoms with van der Waals surface area (Å²) < 4.78 is 0.274. The summed E-state index contributed by atoms with van der Waals surface area (Å²) in [5.74, 6) is 0.661. The summed E-state index contributed by atoms with van der Waals surface area (Å²) in [5.41, 5.74) is 0. The molecule has 0 aliphatic carbocycles.